The highest BCUT2D eigenvalue weighted by Gasteiger charge is 2.27. The van der Waals surface area contributed by atoms with Gasteiger partial charge in [-0.3, -0.25) is 0 Å². The quantitative estimate of drug-likeness (QED) is 0.448. The second kappa shape index (κ2) is 11.2. The van der Waals surface area contributed by atoms with Crippen molar-refractivity contribution in [2.45, 2.75) is 79.1 Å². The Morgan fingerprint density at radius 3 is 2.37 bits per heavy atom. The molecule has 3 nitrogen and oxygen atoms in total. The van der Waals surface area contributed by atoms with Crippen molar-refractivity contribution < 1.29 is 14.2 Å². The molecule has 3 heteroatoms. The van der Waals surface area contributed by atoms with Gasteiger partial charge in [0.1, 0.15) is 6.10 Å². The Morgan fingerprint density at radius 2 is 1.74 bits per heavy atom. The maximum absolute atomic E-state index is 6.04. The molecule has 1 aromatic carbocycles. The van der Waals surface area contributed by atoms with Crippen LogP contribution in [0.5, 0.6) is 0 Å². The Morgan fingerprint density at radius 1 is 1.07 bits per heavy atom. The summed E-state index contributed by atoms with van der Waals surface area (Å²) in [5, 5.41) is 0. The summed E-state index contributed by atoms with van der Waals surface area (Å²) in [6.07, 6.45) is 6.16. The van der Waals surface area contributed by atoms with Crippen molar-refractivity contribution in [3.63, 3.8) is 0 Å². The lowest BCUT2D eigenvalue weighted by atomic mass is 9.74. The van der Waals surface area contributed by atoms with E-state index in [1.807, 2.05) is 30.3 Å². The molecule has 2 rings (SSSR count). The second-order valence-electron chi connectivity index (χ2n) is 8.99. The third-order valence-corrected chi connectivity index (χ3v) is 6.39. The van der Waals surface area contributed by atoms with Crippen LogP contribution in [-0.4, -0.2) is 25.9 Å². The third-order valence-electron chi connectivity index (χ3n) is 6.39. The van der Waals surface area contributed by atoms with Gasteiger partial charge in [-0.1, -0.05) is 84.2 Å². The molecule has 0 spiro atoms. The van der Waals surface area contributed by atoms with E-state index in [2.05, 4.69) is 34.6 Å². The summed E-state index contributed by atoms with van der Waals surface area (Å²) in [4.78, 5) is 0. The summed E-state index contributed by atoms with van der Waals surface area (Å²) < 4.78 is 17.7. The van der Waals surface area contributed by atoms with Gasteiger partial charge < -0.3 is 14.2 Å². The van der Waals surface area contributed by atoms with Gasteiger partial charge in [-0.2, -0.15) is 0 Å². The van der Waals surface area contributed by atoms with Crippen LogP contribution in [0, 0.1) is 17.3 Å². The molecular weight excluding hydrogens is 336 g/mol. The average molecular weight is 377 g/mol. The van der Waals surface area contributed by atoms with E-state index < -0.39 is 0 Å². The number of ether oxygens (including phenoxy) is 3. The molecular formula is C24H40O3. The summed E-state index contributed by atoms with van der Waals surface area (Å²) in [6.45, 7) is 13.8. The van der Waals surface area contributed by atoms with E-state index >= 15 is 0 Å². The summed E-state index contributed by atoms with van der Waals surface area (Å²) in [7, 11) is 0. The number of hydrogen-bond acceptors (Lipinski definition) is 3. The van der Waals surface area contributed by atoms with Crippen molar-refractivity contribution in [1.82, 2.24) is 0 Å². The molecule has 1 aliphatic rings. The van der Waals surface area contributed by atoms with E-state index in [-0.39, 0.29) is 12.4 Å². The Kier molecular flexibility index (Phi) is 9.28. The van der Waals surface area contributed by atoms with Gasteiger partial charge in [-0.05, 0) is 30.1 Å². The van der Waals surface area contributed by atoms with Crippen LogP contribution in [-0.2, 0) is 14.2 Å². The predicted molar refractivity (Wildman–Crippen MR) is 112 cm³/mol. The Hall–Kier alpha value is -0.900. The minimum Gasteiger partial charge on any atom is -0.373 e. The zero-order valence-electron chi connectivity index (χ0n) is 18.1. The van der Waals surface area contributed by atoms with Crippen molar-refractivity contribution in [2.24, 2.45) is 17.3 Å². The first-order valence-corrected chi connectivity index (χ1v) is 10.8. The number of rotatable bonds is 11. The lowest BCUT2D eigenvalue weighted by Gasteiger charge is -2.33. The van der Waals surface area contributed by atoms with Crippen LogP contribution in [0.25, 0.3) is 0 Å². The highest BCUT2D eigenvalue weighted by atomic mass is 16.7. The first kappa shape index (κ1) is 22.4. The maximum atomic E-state index is 6.04. The smallest absolute Gasteiger partial charge is 0.184 e. The molecule has 154 valence electrons. The van der Waals surface area contributed by atoms with Gasteiger partial charge >= 0.3 is 0 Å². The van der Waals surface area contributed by atoms with Gasteiger partial charge in [-0.25, -0.2) is 0 Å². The van der Waals surface area contributed by atoms with Crippen LogP contribution in [0.4, 0.5) is 0 Å². The monoisotopic (exact) mass is 376 g/mol. The van der Waals surface area contributed by atoms with Crippen molar-refractivity contribution in [3.05, 3.63) is 35.9 Å². The van der Waals surface area contributed by atoms with Crippen LogP contribution in [0.2, 0.25) is 0 Å². The fourth-order valence-electron chi connectivity index (χ4n) is 3.54. The zero-order valence-corrected chi connectivity index (χ0v) is 18.1. The molecule has 0 amide bonds. The lowest BCUT2D eigenvalue weighted by Crippen LogP contribution is -2.34. The van der Waals surface area contributed by atoms with Gasteiger partial charge in [0.2, 0.25) is 0 Å². The van der Waals surface area contributed by atoms with E-state index in [1.165, 1.54) is 25.7 Å². The van der Waals surface area contributed by atoms with Crippen molar-refractivity contribution in [3.8, 4) is 0 Å². The number of benzene rings is 1. The van der Waals surface area contributed by atoms with Crippen molar-refractivity contribution >= 4 is 0 Å². The van der Waals surface area contributed by atoms with Crippen LogP contribution in [0.15, 0.2) is 30.3 Å². The Balaban J connectivity index is 1.63. The first-order chi connectivity index (χ1) is 12.9. The van der Waals surface area contributed by atoms with Gasteiger partial charge in [0, 0.05) is 12.2 Å². The highest BCUT2D eigenvalue weighted by Crippen LogP contribution is 2.35. The molecule has 0 bridgehead atoms. The molecule has 0 aromatic heterocycles. The minimum absolute atomic E-state index is 0.0469. The van der Waals surface area contributed by atoms with Crippen LogP contribution in [0.1, 0.15) is 78.6 Å². The average Bonchev–Trinajstić information content (AvgIpc) is 2.68. The van der Waals surface area contributed by atoms with Gasteiger partial charge in [0.05, 0.1) is 13.2 Å². The van der Waals surface area contributed by atoms with E-state index in [0.29, 0.717) is 24.5 Å². The van der Waals surface area contributed by atoms with Crippen molar-refractivity contribution in [1.29, 1.82) is 0 Å². The molecule has 0 aliphatic carbocycles. The second-order valence-corrected chi connectivity index (χ2v) is 8.99. The Bertz CT molecular complexity index is 506. The first-order valence-electron chi connectivity index (χ1n) is 10.8. The standard InChI is InChI=1S/C24H40O3/c1-6-19(2)11-10-15-24(4,5)20(3)14-16-25-22-17-26-23(27-18-22)21-12-8-7-9-13-21/h7-9,12-13,19-20,22-23H,6,10-11,14-18H2,1-5H3. The fourth-order valence-corrected chi connectivity index (χ4v) is 3.54. The summed E-state index contributed by atoms with van der Waals surface area (Å²) in [5.41, 5.74) is 1.44. The third kappa shape index (κ3) is 7.56. The molecule has 2 atom stereocenters. The SMILES string of the molecule is CCC(C)CCCC(C)(C)C(C)CCOC1COC(c2ccccc2)OC1. The van der Waals surface area contributed by atoms with Crippen LogP contribution >= 0.6 is 0 Å². The molecule has 27 heavy (non-hydrogen) atoms. The lowest BCUT2D eigenvalue weighted by molar-refractivity contribution is -0.231. The number of hydrogen-bond donors (Lipinski definition) is 0. The summed E-state index contributed by atoms with van der Waals surface area (Å²) >= 11 is 0. The predicted octanol–water partition coefficient (Wildman–Crippen LogP) is 6.39. The van der Waals surface area contributed by atoms with E-state index in [0.717, 1.165) is 24.5 Å². The van der Waals surface area contributed by atoms with Crippen LogP contribution in [0.3, 0.4) is 0 Å². The minimum atomic E-state index is -0.255. The van der Waals surface area contributed by atoms with Crippen LogP contribution < -0.4 is 0 Å². The maximum Gasteiger partial charge on any atom is 0.184 e. The molecule has 0 radical (unpaired) electrons. The van der Waals surface area contributed by atoms with E-state index in [4.69, 9.17) is 14.2 Å². The molecule has 1 aromatic rings. The molecule has 1 saturated heterocycles. The molecule has 2 unspecified atom stereocenters. The highest BCUT2D eigenvalue weighted by molar-refractivity contribution is 5.16. The van der Waals surface area contributed by atoms with E-state index in [9.17, 15) is 0 Å². The summed E-state index contributed by atoms with van der Waals surface area (Å²) in [5.74, 6) is 1.50. The van der Waals surface area contributed by atoms with E-state index in [1.54, 1.807) is 0 Å². The van der Waals surface area contributed by atoms with Crippen molar-refractivity contribution in [2.75, 3.05) is 19.8 Å². The largest absolute Gasteiger partial charge is 0.373 e. The fraction of sp³-hybridized carbons (Fsp3) is 0.750. The van der Waals surface area contributed by atoms with Gasteiger partial charge in [0.15, 0.2) is 6.29 Å². The molecule has 1 heterocycles. The molecule has 0 saturated carbocycles. The Labute approximate surface area is 166 Å². The molecule has 1 aliphatic heterocycles. The normalized spacial score (nSPS) is 23.1. The van der Waals surface area contributed by atoms with Gasteiger partial charge in [-0.15, -0.1) is 0 Å². The summed E-state index contributed by atoms with van der Waals surface area (Å²) in [6, 6.07) is 10.1. The molecule has 0 N–H and O–H groups in total. The van der Waals surface area contributed by atoms with Gasteiger partial charge in [0.25, 0.3) is 0 Å². The molecule has 1 fully saturated rings. The zero-order chi connectivity index (χ0) is 19.7. The topological polar surface area (TPSA) is 27.7 Å².